The van der Waals surface area contributed by atoms with E-state index >= 15 is 0 Å². The van der Waals surface area contributed by atoms with Crippen molar-refractivity contribution in [2.75, 3.05) is 16.8 Å². The van der Waals surface area contributed by atoms with Crippen LogP contribution in [0.4, 0.5) is 18.9 Å². The molecule has 114 valence electrons. The average Bonchev–Trinajstić information content (AvgIpc) is 2.30. The number of benzene rings is 1. The first-order chi connectivity index (χ1) is 9.05. The van der Waals surface area contributed by atoms with Gasteiger partial charge in [0.15, 0.2) is 9.84 Å². The molecule has 1 aromatic carbocycles. The van der Waals surface area contributed by atoms with Crippen LogP contribution in [0.25, 0.3) is 0 Å². The molecule has 0 spiro atoms. The van der Waals surface area contributed by atoms with Crippen molar-refractivity contribution in [2.24, 2.45) is 0 Å². The summed E-state index contributed by atoms with van der Waals surface area (Å²) in [6.07, 6.45) is -4.47. The molecule has 0 heterocycles. The number of sulfone groups is 1. The fourth-order valence-electron chi connectivity index (χ4n) is 1.62. The van der Waals surface area contributed by atoms with Gasteiger partial charge in [0.05, 0.1) is 22.0 Å². The van der Waals surface area contributed by atoms with Gasteiger partial charge >= 0.3 is 6.18 Å². The summed E-state index contributed by atoms with van der Waals surface area (Å²) in [4.78, 5) is 0. The Morgan fingerprint density at radius 1 is 1.35 bits per heavy atom. The zero-order valence-electron chi connectivity index (χ0n) is 11.0. The van der Waals surface area contributed by atoms with Crippen molar-refractivity contribution in [3.05, 3.63) is 28.8 Å². The van der Waals surface area contributed by atoms with Gasteiger partial charge in [-0.3, -0.25) is 0 Å². The number of hydrogen-bond acceptors (Lipinski definition) is 3. The topological polar surface area (TPSA) is 46.2 Å². The molecule has 1 rings (SSSR count). The van der Waals surface area contributed by atoms with E-state index in [4.69, 9.17) is 11.6 Å². The first-order valence-electron chi connectivity index (χ1n) is 5.89. The molecule has 0 bridgehead atoms. The largest absolute Gasteiger partial charge is 0.416 e. The van der Waals surface area contributed by atoms with Crippen LogP contribution in [0.5, 0.6) is 0 Å². The van der Waals surface area contributed by atoms with Gasteiger partial charge in [-0.25, -0.2) is 8.42 Å². The van der Waals surface area contributed by atoms with E-state index in [0.717, 1.165) is 18.2 Å². The Morgan fingerprint density at radius 3 is 2.45 bits per heavy atom. The van der Waals surface area contributed by atoms with Gasteiger partial charge in [-0.2, -0.15) is 13.2 Å². The van der Waals surface area contributed by atoms with Gasteiger partial charge in [0.2, 0.25) is 0 Å². The lowest BCUT2D eigenvalue weighted by Crippen LogP contribution is -2.27. The third-order valence-corrected chi connectivity index (χ3v) is 4.86. The maximum absolute atomic E-state index is 12.6. The summed E-state index contributed by atoms with van der Waals surface area (Å²) in [5.74, 6) is -0.189. The van der Waals surface area contributed by atoms with Crippen LogP contribution >= 0.6 is 11.6 Å². The highest BCUT2D eigenvalue weighted by Crippen LogP contribution is 2.34. The van der Waals surface area contributed by atoms with Gasteiger partial charge in [0, 0.05) is 11.8 Å². The Labute approximate surface area is 121 Å². The van der Waals surface area contributed by atoms with E-state index in [0.29, 0.717) is 0 Å². The van der Waals surface area contributed by atoms with Crippen LogP contribution in [0.2, 0.25) is 5.02 Å². The Kier molecular flexibility index (Phi) is 5.32. The minimum Gasteiger partial charge on any atom is -0.380 e. The van der Waals surface area contributed by atoms with Crippen molar-refractivity contribution in [1.29, 1.82) is 0 Å². The normalized spacial score (nSPS) is 14.1. The van der Waals surface area contributed by atoms with Crippen LogP contribution in [0, 0.1) is 0 Å². The molecule has 0 amide bonds. The number of halogens is 4. The van der Waals surface area contributed by atoms with Gasteiger partial charge in [0.25, 0.3) is 0 Å². The number of anilines is 1. The van der Waals surface area contributed by atoms with Crippen molar-refractivity contribution in [1.82, 2.24) is 0 Å². The molecule has 1 N–H and O–H groups in total. The summed E-state index contributed by atoms with van der Waals surface area (Å²) in [6, 6.07) is 2.34. The molecule has 20 heavy (non-hydrogen) atoms. The van der Waals surface area contributed by atoms with Gasteiger partial charge < -0.3 is 5.32 Å². The molecular formula is C12H15ClF3NO2S. The molecule has 0 saturated carbocycles. The zero-order valence-corrected chi connectivity index (χ0v) is 12.5. The van der Waals surface area contributed by atoms with Crippen LogP contribution < -0.4 is 5.32 Å². The summed E-state index contributed by atoms with van der Waals surface area (Å²) in [6.45, 7) is 3.09. The van der Waals surface area contributed by atoms with E-state index in [1.165, 1.54) is 6.92 Å². The number of alkyl halides is 3. The molecule has 0 saturated heterocycles. The highest BCUT2D eigenvalue weighted by atomic mass is 35.5. The predicted octanol–water partition coefficient (Wildman–Crippen LogP) is 3.59. The summed E-state index contributed by atoms with van der Waals surface area (Å²) >= 11 is 5.82. The van der Waals surface area contributed by atoms with Crippen LogP contribution in [0.3, 0.4) is 0 Å². The second kappa shape index (κ2) is 6.22. The molecule has 0 radical (unpaired) electrons. The smallest absolute Gasteiger partial charge is 0.380 e. The van der Waals surface area contributed by atoms with Gasteiger partial charge in [-0.15, -0.1) is 0 Å². The summed E-state index contributed by atoms with van der Waals surface area (Å²) in [5.41, 5.74) is -0.768. The van der Waals surface area contributed by atoms with E-state index in [1.807, 2.05) is 0 Å². The van der Waals surface area contributed by atoms with Gasteiger partial charge in [-0.05, 0) is 25.1 Å². The maximum atomic E-state index is 12.6. The second-order valence-electron chi connectivity index (χ2n) is 4.44. The van der Waals surface area contributed by atoms with Gasteiger partial charge in [0.1, 0.15) is 0 Å². The second-order valence-corrected chi connectivity index (χ2v) is 7.24. The van der Waals surface area contributed by atoms with Crippen LogP contribution in [0.1, 0.15) is 19.4 Å². The van der Waals surface area contributed by atoms with E-state index in [1.54, 1.807) is 6.92 Å². The number of rotatable bonds is 5. The summed E-state index contributed by atoms with van der Waals surface area (Å²) in [5, 5.41) is 2.81. The van der Waals surface area contributed by atoms with E-state index in [2.05, 4.69) is 5.32 Å². The van der Waals surface area contributed by atoms with E-state index in [9.17, 15) is 21.6 Å². The van der Waals surface area contributed by atoms with Crippen molar-refractivity contribution in [2.45, 2.75) is 26.1 Å². The maximum Gasteiger partial charge on any atom is 0.416 e. The first-order valence-corrected chi connectivity index (χ1v) is 8.09. The highest BCUT2D eigenvalue weighted by Gasteiger charge is 2.31. The molecule has 1 unspecified atom stereocenters. The molecule has 1 aromatic rings. The SMILES string of the molecule is CCS(=O)(=O)CC(C)Nc1cc(C(F)(F)F)ccc1Cl. The molecule has 3 nitrogen and oxygen atoms in total. The van der Waals surface area contributed by atoms with Crippen LogP contribution in [-0.2, 0) is 16.0 Å². The van der Waals surface area contributed by atoms with Crippen molar-refractivity contribution >= 4 is 27.1 Å². The Hall–Kier alpha value is -0.950. The van der Waals surface area contributed by atoms with Crippen LogP contribution in [-0.4, -0.2) is 26.0 Å². The Balaban J connectivity index is 2.92. The quantitative estimate of drug-likeness (QED) is 0.898. The lowest BCUT2D eigenvalue weighted by atomic mass is 10.2. The molecule has 0 aliphatic rings. The fourth-order valence-corrected chi connectivity index (χ4v) is 2.87. The molecule has 8 heteroatoms. The lowest BCUT2D eigenvalue weighted by molar-refractivity contribution is -0.137. The van der Waals surface area contributed by atoms with E-state index < -0.39 is 27.6 Å². The van der Waals surface area contributed by atoms with E-state index in [-0.39, 0.29) is 22.2 Å². The molecule has 0 aliphatic carbocycles. The predicted molar refractivity (Wildman–Crippen MR) is 73.9 cm³/mol. The zero-order chi connectivity index (χ0) is 15.6. The van der Waals surface area contributed by atoms with Crippen molar-refractivity contribution in [3.8, 4) is 0 Å². The molecule has 0 aromatic heterocycles. The summed E-state index contributed by atoms with van der Waals surface area (Å²) in [7, 11) is -3.22. The Morgan fingerprint density at radius 2 is 1.95 bits per heavy atom. The third kappa shape index (κ3) is 4.86. The molecule has 0 fully saturated rings. The van der Waals surface area contributed by atoms with Crippen molar-refractivity contribution in [3.63, 3.8) is 0 Å². The monoisotopic (exact) mass is 329 g/mol. The minimum atomic E-state index is -4.47. The van der Waals surface area contributed by atoms with Crippen molar-refractivity contribution < 1.29 is 21.6 Å². The first kappa shape index (κ1) is 17.1. The lowest BCUT2D eigenvalue weighted by Gasteiger charge is -2.17. The number of hydrogen-bond donors (Lipinski definition) is 1. The van der Waals surface area contributed by atoms with Gasteiger partial charge in [-0.1, -0.05) is 18.5 Å². The highest BCUT2D eigenvalue weighted by molar-refractivity contribution is 7.91. The Bertz CT molecular complexity index is 573. The third-order valence-electron chi connectivity index (χ3n) is 2.64. The molecule has 1 atom stereocenters. The standard InChI is InChI=1S/C12H15ClF3NO2S/c1-3-20(18,19)7-8(2)17-11-6-9(12(14,15)16)4-5-10(11)13/h4-6,8,17H,3,7H2,1-2H3. The number of nitrogens with one attached hydrogen (secondary N) is 1. The fraction of sp³-hybridized carbons (Fsp3) is 0.500. The molecule has 0 aliphatic heterocycles. The van der Waals surface area contributed by atoms with Crippen LogP contribution in [0.15, 0.2) is 18.2 Å². The minimum absolute atomic E-state index is 0.0185. The summed E-state index contributed by atoms with van der Waals surface area (Å²) < 4.78 is 60.7. The molecular weight excluding hydrogens is 315 g/mol. The average molecular weight is 330 g/mol.